The molecule has 6 rings (SSSR count). The Morgan fingerprint density at radius 1 is 0.836 bits per heavy atom. The van der Waals surface area contributed by atoms with Gasteiger partial charge in [-0.3, -0.25) is 19.2 Å². The minimum absolute atomic E-state index is 0.0305. The number of unbranched alkanes of at least 4 members (excludes halogenated alkanes) is 1. The van der Waals surface area contributed by atoms with Gasteiger partial charge in [-0.2, -0.15) is 0 Å². The molecule has 2 aromatic heterocycles. The summed E-state index contributed by atoms with van der Waals surface area (Å²) < 4.78 is 12.4. The molecular weight excluding hydrogens is 779 g/mol. The molecule has 0 unspecified atom stereocenters. The van der Waals surface area contributed by atoms with Crippen molar-refractivity contribution in [2.24, 2.45) is 0 Å². The van der Waals surface area contributed by atoms with Gasteiger partial charge < -0.3 is 40.2 Å². The second-order valence-electron chi connectivity index (χ2n) is 14.6. The molecule has 1 aliphatic heterocycles. The molecule has 1 atom stereocenters. The molecule has 0 fully saturated rings. The first-order chi connectivity index (χ1) is 29.4. The Kier molecular flexibility index (Phi) is 14.6. The fourth-order valence-corrected chi connectivity index (χ4v) is 6.86. The number of hydrogen-bond acceptors (Lipinski definition) is 11. The third-order valence-electron chi connectivity index (χ3n) is 10.2. The van der Waals surface area contributed by atoms with E-state index >= 15 is 0 Å². The van der Waals surface area contributed by atoms with Crippen molar-refractivity contribution in [1.82, 2.24) is 25.5 Å². The monoisotopic (exact) mass is 827 g/mol. The standard InChI is InChI=1S/C47H49N5O9/c1-3-47(59,39-28-41-44-35(27-34-9-4-5-10-40(34)51-44)29-52(41)45(57)38(39)30-60-31(2)53)46(58)61-37-19-13-33(14-20-37)16-22-43(56)50-26-8-24-48-23-6-7-25-49-42(55)21-15-32-11-17-36(54)18-12-32/h4-5,9-22,27-28,48,54,59H,3,6-8,23-26,29-30H2,1-2H3,(H,49,55)(H,50,56)/b21-15+,22-16+/t47-/m0/s1. The van der Waals surface area contributed by atoms with Crippen LogP contribution in [0.25, 0.3) is 34.4 Å². The van der Waals surface area contributed by atoms with Crippen molar-refractivity contribution >= 4 is 46.8 Å². The topological polar surface area (TPSA) is 198 Å². The van der Waals surface area contributed by atoms with E-state index in [0.717, 1.165) is 54.4 Å². The Morgan fingerprint density at radius 2 is 1.46 bits per heavy atom. The van der Waals surface area contributed by atoms with Crippen molar-refractivity contribution in [1.29, 1.82) is 0 Å². The number of benzene rings is 3. The molecule has 0 aliphatic carbocycles. The summed E-state index contributed by atoms with van der Waals surface area (Å²) in [5, 5.41) is 31.3. The fourth-order valence-electron chi connectivity index (χ4n) is 6.86. The summed E-state index contributed by atoms with van der Waals surface area (Å²) in [5.74, 6) is -1.78. The number of amides is 2. The molecular formula is C47H49N5O9. The molecule has 2 amide bonds. The molecule has 0 bridgehead atoms. The Labute approximate surface area is 352 Å². The Balaban J connectivity index is 0.967. The number of fused-ring (bicyclic) bond motifs is 4. The molecule has 5 aromatic rings. The summed E-state index contributed by atoms with van der Waals surface area (Å²) in [6.07, 6.45) is 8.46. The van der Waals surface area contributed by atoms with Crippen molar-refractivity contribution in [3.05, 3.63) is 135 Å². The van der Waals surface area contributed by atoms with Crippen molar-refractivity contribution in [3.63, 3.8) is 0 Å². The van der Waals surface area contributed by atoms with E-state index in [0.29, 0.717) is 30.0 Å². The van der Waals surface area contributed by atoms with Crippen molar-refractivity contribution in [2.45, 2.75) is 58.3 Å². The van der Waals surface area contributed by atoms with Gasteiger partial charge in [0.05, 0.1) is 29.0 Å². The average Bonchev–Trinajstić information content (AvgIpc) is 3.62. The van der Waals surface area contributed by atoms with Crippen LogP contribution in [0, 0.1) is 0 Å². The van der Waals surface area contributed by atoms with Crippen molar-refractivity contribution < 1.29 is 38.9 Å². The summed E-state index contributed by atoms with van der Waals surface area (Å²) in [6, 6.07) is 24.0. The average molecular weight is 828 g/mol. The number of aromatic nitrogens is 2. The van der Waals surface area contributed by atoms with Crippen LogP contribution in [-0.4, -0.2) is 69.7 Å². The van der Waals surface area contributed by atoms with Gasteiger partial charge in [-0.1, -0.05) is 49.4 Å². The third-order valence-corrected chi connectivity index (χ3v) is 10.2. The zero-order valence-corrected chi connectivity index (χ0v) is 34.1. The number of nitrogens with zero attached hydrogens (tertiary/aromatic N) is 2. The molecule has 14 heteroatoms. The van der Waals surface area contributed by atoms with Gasteiger partial charge in [-0.05, 0) is 105 Å². The molecule has 61 heavy (non-hydrogen) atoms. The SMILES string of the molecule is CC[C@@](O)(C(=O)Oc1ccc(/C=C/C(=O)NCCCNCCCCNC(=O)/C=C/c2ccc(O)cc2)cc1)c1cc2n(c(=O)c1COC(C)=O)Cc1cc3ccccc3nc1-2. The number of phenolic OH excluding ortho intramolecular Hbond substituents is 1. The summed E-state index contributed by atoms with van der Waals surface area (Å²) in [5.41, 5.74) is 1.12. The van der Waals surface area contributed by atoms with Gasteiger partial charge in [-0.25, -0.2) is 9.78 Å². The Morgan fingerprint density at radius 3 is 2.13 bits per heavy atom. The lowest BCUT2D eigenvalue weighted by molar-refractivity contribution is -0.157. The predicted octanol–water partition coefficient (Wildman–Crippen LogP) is 5.12. The van der Waals surface area contributed by atoms with E-state index in [-0.39, 0.29) is 47.4 Å². The van der Waals surface area contributed by atoms with Crippen LogP contribution in [0.3, 0.4) is 0 Å². The number of aliphatic hydroxyl groups is 1. The number of carbonyl (C=O) groups excluding carboxylic acids is 4. The smallest absolute Gasteiger partial charge is 0.348 e. The molecule has 0 spiro atoms. The first-order valence-electron chi connectivity index (χ1n) is 20.2. The van der Waals surface area contributed by atoms with Crippen molar-refractivity contribution in [2.75, 3.05) is 26.2 Å². The van der Waals surface area contributed by atoms with Gasteiger partial charge in [0.1, 0.15) is 18.1 Å². The van der Waals surface area contributed by atoms with Gasteiger partial charge in [0, 0.05) is 48.7 Å². The number of esters is 2. The second-order valence-corrected chi connectivity index (χ2v) is 14.6. The van der Waals surface area contributed by atoms with E-state index in [1.54, 1.807) is 61.5 Å². The first-order valence-corrected chi connectivity index (χ1v) is 20.2. The number of carbonyl (C=O) groups is 4. The summed E-state index contributed by atoms with van der Waals surface area (Å²) in [7, 11) is 0. The third kappa shape index (κ3) is 11.2. The highest BCUT2D eigenvalue weighted by Crippen LogP contribution is 2.37. The van der Waals surface area contributed by atoms with Crippen LogP contribution < -0.4 is 26.2 Å². The number of ether oxygens (including phenoxy) is 2. The highest BCUT2D eigenvalue weighted by molar-refractivity contribution is 5.92. The number of hydrogen-bond donors (Lipinski definition) is 5. The first kappa shape index (κ1) is 43.7. The van der Waals surface area contributed by atoms with Crippen LogP contribution in [0.4, 0.5) is 0 Å². The maximum absolute atomic E-state index is 14.0. The van der Waals surface area contributed by atoms with Crippen LogP contribution in [0.15, 0.2) is 102 Å². The van der Waals surface area contributed by atoms with Gasteiger partial charge in [0.2, 0.25) is 11.8 Å². The maximum Gasteiger partial charge on any atom is 0.348 e. The molecule has 5 N–H and O–H groups in total. The molecule has 3 heterocycles. The summed E-state index contributed by atoms with van der Waals surface area (Å²) in [6.45, 7) is 5.11. The Hall–Kier alpha value is -6.90. The predicted molar refractivity (Wildman–Crippen MR) is 231 cm³/mol. The lowest BCUT2D eigenvalue weighted by Gasteiger charge is -2.27. The van der Waals surface area contributed by atoms with E-state index < -0.39 is 29.7 Å². The molecule has 0 saturated heterocycles. The fraction of sp³-hybridized carbons (Fsp3) is 0.277. The molecule has 1 aliphatic rings. The lowest BCUT2D eigenvalue weighted by atomic mass is 9.87. The van der Waals surface area contributed by atoms with E-state index in [1.807, 2.05) is 30.3 Å². The minimum atomic E-state index is -2.29. The summed E-state index contributed by atoms with van der Waals surface area (Å²) in [4.78, 5) is 68.8. The molecule has 14 nitrogen and oxygen atoms in total. The number of nitrogens with one attached hydrogen (secondary N) is 3. The second kappa shape index (κ2) is 20.4. The number of phenols is 1. The highest BCUT2D eigenvalue weighted by atomic mass is 16.6. The van der Waals surface area contributed by atoms with E-state index in [2.05, 4.69) is 16.0 Å². The summed E-state index contributed by atoms with van der Waals surface area (Å²) >= 11 is 0. The largest absolute Gasteiger partial charge is 0.508 e. The number of aromatic hydroxyl groups is 1. The quantitative estimate of drug-likeness (QED) is 0.0315. The van der Waals surface area contributed by atoms with E-state index in [1.165, 1.54) is 35.8 Å². The Bertz CT molecular complexity index is 2510. The molecule has 0 saturated carbocycles. The zero-order chi connectivity index (χ0) is 43.4. The normalized spacial score (nSPS) is 12.8. The van der Waals surface area contributed by atoms with Crippen LogP contribution >= 0.6 is 0 Å². The maximum atomic E-state index is 14.0. The van der Waals surface area contributed by atoms with Crippen LogP contribution in [-0.2, 0) is 42.7 Å². The van der Waals surface area contributed by atoms with Crippen LogP contribution in [0.5, 0.6) is 11.5 Å². The van der Waals surface area contributed by atoms with Gasteiger partial charge in [-0.15, -0.1) is 0 Å². The molecule has 0 radical (unpaired) electrons. The highest BCUT2D eigenvalue weighted by Gasteiger charge is 2.43. The minimum Gasteiger partial charge on any atom is -0.508 e. The van der Waals surface area contributed by atoms with Crippen molar-refractivity contribution in [3.8, 4) is 22.9 Å². The molecule has 3 aromatic carbocycles. The van der Waals surface area contributed by atoms with Crippen LogP contribution in [0.2, 0.25) is 0 Å². The number of pyridine rings is 2. The van der Waals surface area contributed by atoms with E-state index in [4.69, 9.17) is 14.5 Å². The van der Waals surface area contributed by atoms with E-state index in [9.17, 15) is 34.2 Å². The van der Waals surface area contributed by atoms with Gasteiger partial charge in [0.15, 0.2) is 5.60 Å². The zero-order valence-electron chi connectivity index (χ0n) is 34.1. The van der Waals surface area contributed by atoms with Gasteiger partial charge >= 0.3 is 11.9 Å². The number of rotatable bonds is 19. The van der Waals surface area contributed by atoms with Crippen LogP contribution in [0.1, 0.15) is 67.3 Å². The van der Waals surface area contributed by atoms with Gasteiger partial charge in [0.25, 0.3) is 5.56 Å². The lowest BCUT2D eigenvalue weighted by Crippen LogP contribution is -2.42. The number of para-hydroxylation sites is 1. The molecule has 316 valence electrons.